The Morgan fingerprint density at radius 3 is 2.32 bits per heavy atom. The molecule has 4 atom stereocenters. The highest BCUT2D eigenvalue weighted by Crippen LogP contribution is 2.55. The van der Waals surface area contributed by atoms with Crippen LogP contribution in [0.15, 0.2) is 42.5 Å². The molecule has 1 aliphatic carbocycles. The second kappa shape index (κ2) is 15.4. The Kier molecular flexibility index (Phi) is 11.3. The number of sulfonamides is 1. The number of aliphatic hydroxyl groups excluding tert-OH is 1. The molecule has 0 aliphatic heterocycles. The van der Waals surface area contributed by atoms with Gasteiger partial charge in [0.15, 0.2) is 11.5 Å². The molecule has 6 rings (SSSR count). The largest absolute Gasteiger partial charge is 0.435 e. The highest BCUT2D eigenvalue weighted by Gasteiger charge is 2.57. The first kappa shape index (κ1) is 43.4. The summed E-state index contributed by atoms with van der Waals surface area (Å²) < 4.78 is 131. The van der Waals surface area contributed by atoms with Crippen molar-refractivity contribution in [2.45, 2.75) is 63.4 Å². The summed E-state index contributed by atoms with van der Waals surface area (Å²) in [5.41, 5.74) is -4.84. The third-order valence-corrected chi connectivity index (χ3v) is 10.8. The third kappa shape index (κ3) is 8.74. The molecular formula is C38H35ClF7N7O5S. The van der Waals surface area contributed by atoms with Gasteiger partial charge in [0.05, 0.1) is 40.5 Å². The average molecular weight is 870 g/mol. The summed E-state index contributed by atoms with van der Waals surface area (Å²) in [6.45, 7) is 1.59. The Morgan fingerprint density at radius 2 is 1.71 bits per heavy atom. The maximum atomic E-state index is 15.6. The molecule has 0 saturated heterocycles. The zero-order valence-electron chi connectivity index (χ0n) is 31.7. The molecule has 3 heterocycles. The van der Waals surface area contributed by atoms with Gasteiger partial charge in [-0.25, -0.2) is 22.2 Å². The monoisotopic (exact) mass is 869 g/mol. The summed E-state index contributed by atoms with van der Waals surface area (Å²) in [5.74, 6) is -4.89. The Labute approximate surface area is 337 Å². The van der Waals surface area contributed by atoms with Gasteiger partial charge in [-0.1, -0.05) is 37.4 Å². The molecule has 5 aromatic rings. The normalized spacial score (nSPS) is 17.9. The fraction of sp³-hybridized carbons (Fsp3) is 0.368. The van der Waals surface area contributed by atoms with E-state index in [2.05, 4.69) is 37.1 Å². The van der Waals surface area contributed by atoms with Crippen molar-refractivity contribution >= 4 is 44.3 Å². The molecule has 21 heteroatoms. The van der Waals surface area contributed by atoms with Gasteiger partial charge in [0.2, 0.25) is 15.9 Å². The van der Waals surface area contributed by atoms with Gasteiger partial charge in [-0.15, -0.1) is 0 Å². The van der Waals surface area contributed by atoms with E-state index >= 15 is 8.78 Å². The lowest BCUT2D eigenvalue weighted by atomic mass is 9.93. The lowest BCUT2D eigenvalue weighted by Gasteiger charge is -2.23. The van der Waals surface area contributed by atoms with E-state index in [9.17, 15) is 45.4 Å². The summed E-state index contributed by atoms with van der Waals surface area (Å²) in [4.78, 5) is 18.6. The first-order valence-electron chi connectivity index (χ1n) is 17.6. The van der Waals surface area contributed by atoms with Crippen molar-refractivity contribution in [3.63, 3.8) is 0 Å². The summed E-state index contributed by atoms with van der Waals surface area (Å²) in [6.07, 6.45) is -4.70. The fourth-order valence-electron chi connectivity index (χ4n) is 7.04. The van der Waals surface area contributed by atoms with Crippen molar-refractivity contribution in [3.05, 3.63) is 93.0 Å². The Bertz CT molecular complexity index is 2650. The molecule has 0 spiro atoms. The quantitative estimate of drug-likeness (QED) is 0.0954. The topological polar surface area (TPSA) is 164 Å². The van der Waals surface area contributed by atoms with Crippen LogP contribution in [0.4, 0.5) is 36.6 Å². The standard InChI is InChI=1S/C38H35ClF7N7O5S/c1-18-19(2)37(42,43)34-29(18)33(38(44,45)46)49-53(34)16-28(55)48-27(14-20-12-21(40)15-22(41)13-20)31-24(7-6-23(47-31)10-11-36(3,56)17-54)25-8-9-26(39)30-32(25)52(4)50-35(30)51-59(5,57)58/h6-9,12-13,15,18-19,27,54,56H,14,16-17H2,1-5H3,(H,48,55)(H,50,51)/t18-,19+,27-,36?/m0/s1. The van der Waals surface area contributed by atoms with Crippen LogP contribution in [0, 0.1) is 29.4 Å². The third-order valence-electron chi connectivity index (χ3n) is 9.87. The Morgan fingerprint density at radius 1 is 1.07 bits per heavy atom. The number of amides is 1. The number of aryl methyl sites for hydroxylation is 1. The number of carbonyl (C=O) groups is 1. The van der Waals surface area contributed by atoms with Crippen molar-refractivity contribution in [1.29, 1.82) is 0 Å². The van der Waals surface area contributed by atoms with Gasteiger partial charge in [-0.3, -0.25) is 18.9 Å². The summed E-state index contributed by atoms with van der Waals surface area (Å²) in [5, 5.41) is 30.4. The lowest BCUT2D eigenvalue weighted by molar-refractivity contribution is -0.143. The lowest BCUT2D eigenvalue weighted by Crippen LogP contribution is -2.35. The van der Waals surface area contributed by atoms with Crippen LogP contribution in [0.25, 0.3) is 22.0 Å². The van der Waals surface area contributed by atoms with Crippen molar-refractivity contribution in [2.24, 2.45) is 13.0 Å². The predicted molar refractivity (Wildman–Crippen MR) is 202 cm³/mol. The number of alkyl halides is 5. The average Bonchev–Trinajstić information content (AvgIpc) is 3.72. The first-order chi connectivity index (χ1) is 27.3. The van der Waals surface area contributed by atoms with Gasteiger partial charge in [0.25, 0.3) is 5.92 Å². The van der Waals surface area contributed by atoms with Crippen LogP contribution in [-0.2, 0) is 46.9 Å². The van der Waals surface area contributed by atoms with Crippen LogP contribution in [0.1, 0.15) is 66.6 Å². The van der Waals surface area contributed by atoms with Crippen LogP contribution < -0.4 is 10.0 Å². The number of rotatable bonds is 10. The molecule has 3 aromatic heterocycles. The van der Waals surface area contributed by atoms with E-state index in [0.717, 1.165) is 25.3 Å². The summed E-state index contributed by atoms with van der Waals surface area (Å²) >= 11 is 6.55. The number of hydrogen-bond acceptors (Lipinski definition) is 8. The van der Waals surface area contributed by atoms with Gasteiger partial charge in [0.1, 0.15) is 35.2 Å². The predicted octanol–water partition coefficient (Wildman–Crippen LogP) is 6.19. The molecule has 12 nitrogen and oxygen atoms in total. The Balaban J connectivity index is 1.56. The van der Waals surface area contributed by atoms with E-state index in [1.807, 2.05) is 0 Å². The fourth-order valence-corrected chi connectivity index (χ4v) is 7.77. The first-order valence-corrected chi connectivity index (χ1v) is 19.9. The number of nitrogens with zero attached hydrogens (tertiary/aromatic N) is 5. The molecule has 0 radical (unpaired) electrons. The molecule has 59 heavy (non-hydrogen) atoms. The summed E-state index contributed by atoms with van der Waals surface area (Å²) in [7, 11) is -2.40. The molecular weight excluding hydrogens is 835 g/mol. The minimum Gasteiger partial charge on any atom is -0.392 e. The number of aliphatic hydroxyl groups is 2. The van der Waals surface area contributed by atoms with Crippen LogP contribution in [0.2, 0.25) is 5.02 Å². The SMILES string of the molecule is C[C@@H]1c2c(C(F)(F)F)nn(CC(=O)N[C@@H](Cc3cc(F)cc(F)c3)c3nc(C#CC(C)(O)CO)ccc3-c3ccc(Cl)c4c(NS(C)(=O)=O)nn(C)c34)c2C(F)(F)[C@@H]1C. The molecule has 1 amide bonds. The van der Waals surface area contributed by atoms with Crippen molar-refractivity contribution < 1.29 is 54.2 Å². The minimum atomic E-state index is -5.14. The van der Waals surface area contributed by atoms with Crippen LogP contribution >= 0.6 is 11.6 Å². The smallest absolute Gasteiger partial charge is 0.392 e. The van der Waals surface area contributed by atoms with E-state index in [1.165, 1.54) is 49.8 Å². The molecule has 4 N–H and O–H groups in total. The Hall–Kier alpha value is -5.23. The summed E-state index contributed by atoms with van der Waals surface area (Å²) in [6, 6.07) is 6.82. The highest BCUT2D eigenvalue weighted by molar-refractivity contribution is 7.92. The van der Waals surface area contributed by atoms with Gasteiger partial charge >= 0.3 is 6.18 Å². The maximum Gasteiger partial charge on any atom is 0.435 e. The molecule has 1 unspecified atom stereocenters. The second-order valence-corrected chi connectivity index (χ2v) is 16.7. The number of benzene rings is 2. The van der Waals surface area contributed by atoms with E-state index in [4.69, 9.17) is 11.6 Å². The van der Waals surface area contributed by atoms with Crippen LogP contribution in [0.5, 0.6) is 0 Å². The highest BCUT2D eigenvalue weighted by atomic mass is 35.5. The van der Waals surface area contributed by atoms with Crippen LogP contribution in [0.3, 0.4) is 0 Å². The number of aromatic nitrogens is 5. The van der Waals surface area contributed by atoms with E-state index in [1.54, 1.807) is 0 Å². The number of halogens is 8. The van der Waals surface area contributed by atoms with Crippen molar-refractivity contribution in [2.75, 3.05) is 17.6 Å². The molecule has 1 aliphatic rings. The van der Waals surface area contributed by atoms with Crippen LogP contribution in [-0.4, -0.2) is 67.5 Å². The maximum absolute atomic E-state index is 15.6. The van der Waals surface area contributed by atoms with Gasteiger partial charge in [0, 0.05) is 35.7 Å². The number of nitrogens with one attached hydrogen (secondary N) is 2. The minimum absolute atomic E-state index is 0.0461. The van der Waals surface area contributed by atoms with E-state index in [-0.39, 0.29) is 49.8 Å². The molecule has 0 bridgehead atoms. The molecule has 0 saturated carbocycles. The van der Waals surface area contributed by atoms with E-state index in [0.29, 0.717) is 10.7 Å². The van der Waals surface area contributed by atoms with E-state index < -0.39 is 99.7 Å². The van der Waals surface area contributed by atoms with Gasteiger partial charge in [-0.2, -0.15) is 32.1 Å². The molecule has 314 valence electrons. The zero-order valence-corrected chi connectivity index (χ0v) is 33.3. The zero-order chi connectivity index (χ0) is 43.6. The molecule has 0 fully saturated rings. The number of fused-ring (bicyclic) bond motifs is 2. The second-order valence-electron chi connectivity index (χ2n) is 14.5. The number of pyridine rings is 1. The number of hydrogen-bond donors (Lipinski definition) is 4. The number of carbonyl (C=O) groups excluding carboxylic acids is 1. The van der Waals surface area contributed by atoms with Gasteiger partial charge < -0.3 is 15.5 Å². The van der Waals surface area contributed by atoms with Crippen molar-refractivity contribution in [1.82, 2.24) is 29.9 Å². The molecule has 2 aromatic carbocycles. The van der Waals surface area contributed by atoms with Crippen molar-refractivity contribution in [3.8, 4) is 23.0 Å². The van der Waals surface area contributed by atoms with Gasteiger partial charge in [-0.05, 0) is 61.1 Å². The number of anilines is 1.